The summed E-state index contributed by atoms with van der Waals surface area (Å²) < 4.78 is 7.57. The normalized spacial score (nSPS) is 16.4. The maximum Gasteiger partial charge on any atom is 0.374 e. The molecule has 2 aliphatic rings. The summed E-state index contributed by atoms with van der Waals surface area (Å²) in [6.07, 6.45) is 3.11. The first-order valence-electron chi connectivity index (χ1n) is 14.7. The van der Waals surface area contributed by atoms with Gasteiger partial charge in [0.1, 0.15) is 11.3 Å². The van der Waals surface area contributed by atoms with Crippen molar-refractivity contribution in [2.24, 2.45) is 0 Å². The number of nitrogens with zero attached hydrogens (tertiary/aromatic N) is 4. The number of anilines is 1. The maximum absolute atomic E-state index is 10.8. The second kappa shape index (κ2) is 10.9. The first-order chi connectivity index (χ1) is 20.5. The third-order valence-electron chi connectivity index (χ3n) is 8.54. The van der Waals surface area contributed by atoms with Crippen LogP contribution in [-0.2, 0) is 10.3 Å². The highest BCUT2D eigenvalue weighted by molar-refractivity contribution is 6.45. The van der Waals surface area contributed by atoms with Gasteiger partial charge in [-0.05, 0) is 80.2 Å². The van der Waals surface area contributed by atoms with Gasteiger partial charge in [0.2, 0.25) is 0 Å². The second-order valence-electron chi connectivity index (χ2n) is 11.3. The number of fused-ring (bicyclic) bond motifs is 1. The highest BCUT2D eigenvalue weighted by atomic mass is 16.5. The highest BCUT2D eigenvalue weighted by Gasteiger charge is 2.39. The Bertz CT molecular complexity index is 1730. The molecule has 42 heavy (non-hydrogen) atoms. The van der Waals surface area contributed by atoms with Crippen molar-refractivity contribution in [3.05, 3.63) is 90.5 Å². The number of ether oxygens (including phenoxy) is 1. The van der Waals surface area contributed by atoms with E-state index in [4.69, 9.17) is 14.7 Å². The summed E-state index contributed by atoms with van der Waals surface area (Å²) in [4.78, 5) is 12.5. The van der Waals surface area contributed by atoms with Crippen LogP contribution in [0.15, 0.2) is 84.9 Å². The third kappa shape index (κ3) is 4.83. The molecule has 1 saturated heterocycles. The van der Waals surface area contributed by atoms with Crippen molar-refractivity contribution >= 4 is 23.9 Å². The number of morpholine rings is 1. The first kappa shape index (κ1) is 26.7. The molecule has 2 aromatic heterocycles. The van der Waals surface area contributed by atoms with Crippen LogP contribution < -0.4 is 10.1 Å². The lowest BCUT2D eigenvalue weighted by Crippen LogP contribution is -2.53. The molecule has 0 spiro atoms. The van der Waals surface area contributed by atoms with Gasteiger partial charge in [-0.1, -0.05) is 36.4 Å². The Morgan fingerprint density at radius 2 is 1.67 bits per heavy atom. The number of aromatic hydroxyl groups is 1. The van der Waals surface area contributed by atoms with E-state index in [9.17, 15) is 10.1 Å². The van der Waals surface area contributed by atoms with Crippen molar-refractivity contribution in [2.75, 3.05) is 31.2 Å². The number of phenols is 1. The quantitative estimate of drug-likeness (QED) is 0.231. The molecule has 0 bridgehead atoms. The van der Waals surface area contributed by atoms with Crippen LogP contribution in [0.1, 0.15) is 24.8 Å². The third-order valence-corrected chi connectivity index (χ3v) is 8.54. The molecule has 8 nitrogen and oxygen atoms in total. The Morgan fingerprint density at radius 3 is 2.38 bits per heavy atom. The number of rotatable bonds is 7. The van der Waals surface area contributed by atoms with E-state index in [1.807, 2.05) is 34.9 Å². The number of imidazole rings is 1. The van der Waals surface area contributed by atoms with Crippen LogP contribution in [0.4, 0.5) is 5.69 Å². The highest BCUT2D eigenvalue weighted by Crippen LogP contribution is 2.42. The molecule has 212 valence electrons. The fourth-order valence-corrected chi connectivity index (χ4v) is 6.27. The molecule has 3 heterocycles. The summed E-state index contributed by atoms with van der Waals surface area (Å²) in [5.74, 6) is 0.793. The van der Waals surface area contributed by atoms with Crippen molar-refractivity contribution in [1.82, 2.24) is 19.8 Å². The number of benzene rings is 3. The van der Waals surface area contributed by atoms with Crippen molar-refractivity contribution in [2.45, 2.75) is 31.6 Å². The predicted octanol–water partition coefficient (Wildman–Crippen LogP) is 5.38. The molecule has 7 rings (SSSR count). The summed E-state index contributed by atoms with van der Waals surface area (Å²) in [7, 11) is -0.584. The molecular formula is C33H34BN5O3. The zero-order valence-electron chi connectivity index (χ0n) is 23.7. The summed E-state index contributed by atoms with van der Waals surface area (Å²) in [5, 5.41) is 24.2. The zero-order valence-corrected chi connectivity index (χ0v) is 23.7. The van der Waals surface area contributed by atoms with Gasteiger partial charge in [0.25, 0.3) is 0 Å². The average molecular weight is 559 g/mol. The van der Waals surface area contributed by atoms with E-state index in [1.54, 1.807) is 12.9 Å². The number of nitrogens with one attached hydrogen (secondary N) is 1. The Morgan fingerprint density at radius 1 is 0.881 bits per heavy atom. The van der Waals surface area contributed by atoms with E-state index in [0.717, 1.165) is 84.9 Å². The number of pyridine rings is 1. The predicted molar refractivity (Wildman–Crippen MR) is 167 cm³/mol. The molecule has 0 unspecified atom stereocenters. The fourth-order valence-electron chi connectivity index (χ4n) is 6.27. The number of phenolic OH excluding ortho intramolecular Hbond substituents is 1. The Labute approximate surface area is 245 Å². The van der Waals surface area contributed by atoms with Crippen molar-refractivity contribution < 1.29 is 14.9 Å². The van der Waals surface area contributed by atoms with Crippen LogP contribution in [0.5, 0.6) is 5.75 Å². The van der Waals surface area contributed by atoms with Gasteiger partial charge >= 0.3 is 7.05 Å². The van der Waals surface area contributed by atoms with Gasteiger partial charge in [0.15, 0.2) is 11.5 Å². The van der Waals surface area contributed by atoms with Crippen LogP contribution in [0.3, 0.4) is 0 Å². The molecular weight excluding hydrogens is 525 g/mol. The molecule has 1 aliphatic heterocycles. The lowest BCUT2D eigenvalue weighted by molar-refractivity contribution is 0.122. The maximum atomic E-state index is 10.8. The Hall–Kier alpha value is -4.18. The van der Waals surface area contributed by atoms with E-state index in [2.05, 4.69) is 58.7 Å². The van der Waals surface area contributed by atoms with Gasteiger partial charge in [-0.25, -0.2) is 9.97 Å². The molecule has 3 N–H and O–H groups in total. The van der Waals surface area contributed by atoms with E-state index < -0.39 is 7.05 Å². The summed E-state index contributed by atoms with van der Waals surface area (Å²) in [6, 6.07) is 28.2. The minimum absolute atomic E-state index is 0.165. The number of hydrogen-bond donors (Lipinski definition) is 3. The van der Waals surface area contributed by atoms with Crippen molar-refractivity contribution in [3.63, 3.8) is 0 Å². The van der Waals surface area contributed by atoms with Crippen molar-refractivity contribution in [1.29, 1.82) is 0 Å². The van der Waals surface area contributed by atoms with Crippen LogP contribution in [-0.4, -0.2) is 58.0 Å². The smallest absolute Gasteiger partial charge is 0.374 e. The Balaban J connectivity index is 1.34. The van der Waals surface area contributed by atoms with Gasteiger partial charge in [-0.3, -0.25) is 4.57 Å². The molecule has 0 amide bonds. The van der Waals surface area contributed by atoms with Gasteiger partial charge in [-0.2, -0.15) is 0 Å². The number of para-hydroxylation sites is 1. The van der Waals surface area contributed by atoms with Crippen LogP contribution in [0.2, 0.25) is 6.82 Å². The first-order valence-corrected chi connectivity index (χ1v) is 14.7. The molecule has 2 fully saturated rings. The lowest BCUT2D eigenvalue weighted by atomic mass is 9.67. The number of hydrogen-bond acceptors (Lipinski definition) is 7. The summed E-state index contributed by atoms with van der Waals surface area (Å²) >= 11 is 0. The van der Waals surface area contributed by atoms with Crippen LogP contribution in [0.25, 0.3) is 39.5 Å². The molecule has 0 atom stereocenters. The van der Waals surface area contributed by atoms with E-state index in [1.165, 1.54) is 0 Å². The van der Waals surface area contributed by atoms with Gasteiger partial charge in [0, 0.05) is 35.6 Å². The van der Waals surface area contributed by atoms with Crippen molar-refractivity contribution in [3.8, 4) is 34.1 Å². The molecule has 9 heteroatoms. The minimum atomic E-state index is -0.584. The standard InChI is InChI=1S/C33H34BN5O3/c1-34(41)37-33(16-5-17-33)24-10-12-25(13-11-24)39-31(27-8-2-3-9-30(27)40)36-29-15-14-28(35-32(29)39)23-6-4-7-26(22-23)38-18-20-42-21-19-38/h2-4,6-15,22,37,40-41H,5,16-21H2,1H3. The molecule has 3 aromatic carbocycles. The zero-order chi connectivity index (χ0) is 28.7. The Kier molecular flexibility index (Phi) is 6.94. The number of aromatic nitrogens is 3. The van der Waals surface area contributed by atoms with E-state index in [-0.39, 0.29) is 11.3 Å². The molecule has 1 aliphatic carbocycles. The minimum Gasteiger partial charge on any atom is -0.507 e. The SMILES string of the molecule is CB(O)NC1(c2ccc(-n3c(-c4ccccc4O)nc4ccc(-c5cccc(N6CCOCC6)c5)nc43)cc2)CCC1. The average Bonchev–Trinajstić information content (AvgIpc) is 3.38. The fraction of sp³-hybridized carbons (Fsp3) is 0.273. The summed E-state index contributed by atoms with van der Waals surface area (Å²) in [5.41, 5.74) is 7.00. The van der Waals surface area contributed by atoms with Crippen LogP contribution >= 0.6 is 0 Å². The molecule has 5 aromatic rings. The van der Waals surface area contributed by atoms with Gasteiger partial charge in [0.05, 0.1) is 24.5 Å². The van der Waals surface area contributed by atoms with Gasteiger partial charge in [-0.15, -0.1) is 0 Å². The lowest BCUT2D eigenvalue weighted by Gasteiger charge is -2.44. The monoisotopic (exact) mass is 559 g/mol. The summed E-state index contributed by atoms with van der Waals surface area (Å²) in [6.45, 7) is 4.98. The topological polar surface area (TPSA) is 95.7 Å². The largest absolute Gasteiger partial charge is 0.507 e. The molecule has 0 radical (unpaired) electrons. The molecule has 1 saturated carbocycles. The van der Waals surface area contributed by atoms with Crippen LogP contribution in [0, 0.1) is 0 Å². The second-order valence-corrected chi connectivity index (χ2v) is 11.3. The van der Waals surface area contributed by atoms with E-state index >= 15 is 0 Å². The van der Waals surface area contributed by atoms with Gasteiger partial charge < -0.3 is 25.0 Å². The van der Waals surface area contributed by atoms with E-state index in [0.29, 0.717) is 11.4 Å².